The van der Waals surface area contributed by atoms with E-state index in [4.69, 9.17) is 0 Å². The van der Waals surface area contributed by atoms with Crippen molar-refractivity contribution in [1.29, 1.82) is 0 Å². The molecule has 8 nitrogen and oxygen atoms in total. The number of hydrogen-bond acceptors (Lipinski definition) is 5. The standard InChI is InChI=1S/C22H16N6O2S/c1-12-13(2)24-22(26-20(12)29)28-19(10-17(27-28)18-8-5-9-31-18)25-21(30)15-11-23-16-7-4-3-6-14(15)16/h3-11,23H,1H2,2H3,(H,25,30). The van der Waals surface area contributed by atoms with Crippen LogP contribution in [0, 0.1) is 0 Å². The number of hydrogen-bond donors (Lipinski definition) is 2. The van der Waals surface area contributed by atoms with Crippen molar-refractivity contribution in [3.8, 4) is 10.6 Å². The molecule has 0 saturated carbocycles. The molecule has 1 aliphatic rings. The van der Waals surface area contributed by atoms with Gasteiger partial charge >= 0.3 is 0 Å². The SMILES string of the molecule is C=C1C(=O)N=C(n2nc(-c3cccs3)cc2NC(=O)c2c[nH]c3ccccc23)N=C1C. The molecule has 2 N–H and O–H groups in total. The molecule has 4 aromatic rings. The van der Waals surface area contributed by atoms with Gasteiger partial charge in [0.25, 0.3) is 17.8 Å². The van der Waals surface area contributed by atoms with Crippen LogP contribution in [0.25, 0.3) is 21.5 Å². The number of para-hydroxylation sites is 1. The molecule has 3 aromatic heterocycles. The van der Waals surface area contributed by atoms with E-state index in [0.29, 0.717) is 22.8 Å². The van der Waals surface area contributed by atoms with Gasteiger partial charge in [0.1, 0.15) is 11.5 Å². The smallest absolute Gasteiger partial charge is 0.281 e. The third-order valence-corrected chi connectivity index (χ3v) is 5.80. The predicted molar refractivity (Wildman–Crippen MR) is 122 cm³/mol. The Morgan fingerprint density at radius 3 is 2.81 bits per heavy atom. The van der Waals surface area contributed by atoms with Gasteiger partial charge in [0.15, 0.2) is 0 Å². The maximum absolute atomic E-state index is 13.1. The molecule has 0 saturated heterocycles. The molecule has 0 bridgehead atoms. The first kappa shape index (κ1) is 18.9. The number of aromatic amines is 1. The van der Waals surface area contributed by atoms with Crippen LogP contribution >= 0.6 is 11.3 Å². The first-order chi connectivity index (χ1) is 15.0. The highest BCUT2D eigenvalue weighted by atomic mass is 32.1. The van der Waals surface area contributed by atoms with E-state index in [1.54, 1.807) is 19.2 Å². The molecule has 1 aliphatic heterocycles. The van der Waals surface area contributed by atoms with Crippen molar-refractivity contribution in [2.45, 2.75) is 6.92 Å². The molecule has 0 aliphatic carbocycles. The molecular formula is C22H16N6O2S. The summed E-state index contributed by atoms with van der Waals surface area (Å²) in [6.45, 7) is 5.38. The molecule has 2 amide bonds. The topological polar surface area (TPSA) is 104 Å². The molecule has 0 unspecified atom stereocenters. The first-order valence-corrected chi connectivity index (χ1v) is 10.3. The number of aliphatic imine (C=N–C) groups is 2. The maximum Gasteiger partial charge on any atom is 0.281 e. The summed E-state index contributed by atoms with van der Waals surface area (Å²) in [5, 5.41) is 10.2. The van der Waals surface area contributed by atoms with Crippen LogP contribution in [-0.2, 0) is 4.79 Å². The average molecular weight is 428 g/mol. The highest BCUT2D eigenvalue weighted by Crippen LogP contribution is 2.27. The number of fused-ring (bicyclic) bond motifs is 1. The van der Waals surface area contributed by atoms with Crippen LogP contribution in [0.4, 0.5) is 5.82 Å². The van der Waals surface area contributed by atoms with Gasteiger partial charge in [0, 0.05) is 23.2 Å². The van der Waals surface area contributed by atoms with Crippen LogP contribution in [0.2, 0.25) is 0 Å². The van der Waals surface area contributed by atoms with E-state index in [-0.39, 0.29) is 17.4 Å². The van der Waals surface area contributed by atoms with Gasteiger partial charge in [0.05, 0.1) is 21.7 Å². The van der Waals surface area contributed by atoms with Crippen molar-refractivity contribution >= 4 is 51.5 Å². The quantitative estimate of drug-likeness (QED) is 0.480. The molecular weight excluding hydrogens is 412 g/mol. The minimum Gasteiger partial charge on any atom is -0.360 e. The third kappa shape index (κ3) is 3.30. The van der Waals surface area contributed by atoms with Crippen molar-refractivity contribution in [3.63, 3.8) is 0 Å². The van der Waals surface area contributed by atoms with Gasteiger partial charge in [0.2, 0.25) is 0 Å². The number of nitrogens with zero attached hydrogens (tertiary/aromatic N) is 4. The van der Waals surface area contributed by atoms with E-state index < -0.39 is 5.91 Å². The average Bonchev–Trinajstić information content (AvgIpc) is 3.50. The van der Waals surface area contributed by atoms with Gasteiger partial charge in [-0.25, -0.2) is 4.99 Å². The van der Waals surface area contributed by atoms with Gasteiger partial charge in [-0.1, -0.05) is 30.8 Å². The van der Waals surface area contributed by atoms with E-state index in [9.17, 15) is 9.59 Å². The first-order valence-electron chi connectivity index (χ1n) is 9.40. The number of carbonyl (C=O) groups is 2. The van der Waals surface area contributed by atoms with E-state index in [0.717, 1.165) is 15.8 Å². The van der Waals surface area contributed by atoms with E-state index >= 15 is 0 Å². The normalized spacial score (nSPS) is 14.0. The van der Waals surface area contributed by atoms with Crippen molar-refractivity contribution in [3.05, 3.63) is 71.8 Å². The Kier molecular flexibility index (Phi) is 4.45. The zero-order valence-electron chi connectivity index (χ0n) is 16.4. The minimum absolute atomic E-state index is 0.0759. The van der Waals surface area contributed by atoms with Crippen LogP contribution in [0.15, 0.2) is 76.2 Å². The number of rotatable bonds is 3. The largest absolute Gasteiger partial charge is 0.360 e. The number of thiophene rings is 1. The fourth-order valence-electron chi connectivity index (χ4n) is 3.26. The number of benzene rings is 1. The second-order valence-corrected chi connectivity index (χ2v) is 7.85. The van der Waals surface area contributed by atoms with Crippen LogP contribution in [0.1, 0.15) is 17.3 Å². The number of anilines is 1. The lowest BCUT2D eigenvalue weighted by atomic mass is 10.1. The second kappa shape index (κ2) is 7.29. The number of aromatic nitrogens is 3. The van der Waals surface area contributed by atoms with Gasteiger partial charge in [-0.15, -0.1) is 11.3 Å². The Hall–Kier alpha value is -4.11. The summed E-state index contributed by atoms with van der Waals surface area (Å²) in [4.78, 5) is 37.6. The molecule has 0 atom stereocenters. The lowest BCUT2D eigenvalue weighted by Crippen LogP contribution is -2.25. The fraction of sp³-hybridized carbons (Fsp3) is 0.0455. The molecule has 4 heterocycles. The third-order valence-electron chi connectivity index (χ3n) is 4.91. The van der Waals surface area contributed by atoms with Crippen LogP contribution in [-0.4, -0.2) is 38.3 Å². The Morgan fingerprint density at radius 1 is 1.19 bits per heavy atom. The Bertz CT molecular complexity index is 1420. The summed E-state index contributed by atoms with van der Waals surface area (Å²) in [6, 6.07) is 13.1. The summed E-state index contributed by atoms with van der Waals surface area (Å²) in [7, 11) is 0. The Balaban J connectivity index is 1.57. The number of carbonyl (C=O) groups excluding carboxylic acids is 2. The fourth-order valence-corrected chi connectivity index (χ4v) is 3.94. The zero-order chi connectivity index (χ0) is 21.5. The van der Waals surface area contributed by atoms with Gasteiger partial charge in [-0.2, -0.15) is 14.8 Å². The van der Waals surface area contributed by atoms with Crippen molar-refractivity contribution in [1.82, 2.24) is 14.8 Å². The molecule has 152 valence electrons. The lowest BCUT2D eigenvalue weighted by Gasteiger charge is -2.12. The van der Waals surface area contributed by atoms with Crippen LogP contribution in [0.3, 0.4) is 0 Å². The van der Waals surface area contributed by atoms with Crippen LogP contribution < -0.4 is 5.32 Å². The van der Waals surface area contributed by atoms with E-state index in [1.807, 2.05) is 41.8 Å². The van der Waals surface area contributed by atoms with Crippen LogP contribution in [0.5, 0.6) is 0 Å². The Labute approximate surface area is 180 Å². The highest BCUT2D eigenvalue weighted by Gasteiger charge is 2.23. The zero-order valence-corrected chi connectivity index (χ0v) is 17.2. The van der Waals surface area contributed by atoms with Crippen molar-refractivity contribution in [2.24, 2.45) is 9.98 Å². The maximum atomic E-state index is 13.1. The molecule has 0 spiro atoms. The second-order valence-electron chi connectivity index (χ2n) is 6.90. The van der Waals surface area contributed by atoms with Gasteiger partial charge in [-0.3, -0.25) is 9.59 Å². The molecule has 0 radical (unpaired) electrons. The molecule has 1 aromatic carbocycles. The predicted octanol–water partition coefficient (Wildman–Crippen LogP) is 4.11. The molecule has 0 fully saturated rings. The number of amides is 2. The summed E-state index contributed by atoms with van der Waals surface area (Å²) in [5.74, 6) is -0.366. The number of nitrogens with one attached hydrogen (secondary N) is 2. The summed E-state index contributed by atoms with van der Waals surface area (Å²) < 4.78 is 1.37. The van der Waals surface area contributed by atoms with Gasteiger partial charge < -0.3 is 10.3 Å². The molecule has 5 rings (SSSR count). The number of H-pyrrole nitrogens is 1. The van der Waals surface area contributed by atoms with Crippen molar-refractivity contribution in [2.75, 3.05) is 5.32 Å². The van der Waals surface area contributed by atoms with E-state index in [1.165, 1.54) is 16.0 Å². The van der Waals surface area contributed by atoms with Crippen molar-refractivity contribution < 1.29 is 9.59 Å². The summed E-state index contributed by atoms with van der Waals surface area (Å²) >= 11 is 1.51. The van der Waals surface area contributed by atoms with E-state index in [2.05, 4.69) is 32.0 Å². The monoisotopic (exact) mass is 428 g/mol. The van der Waals surface area contributed by atoms with Gasteiger partial charge in [-0.05, 0) is 24.4 Å². The minimum atomic E-state index is -0.482. The molecule has 31 heavy (non-hydrogen) atoms. The lowest BCUT2D eigenvalue weighted by molar-refractivity contribution is -0.113. The molecule has 9 heteroatoms. The Morgan fingerprint density at radius 2 is 2.03 bits per heavy atom. The highest BCUT2D eigenvalue weighted by molar-refractivity contribution is 7.13. The summed E-state index contributed by atoms with van der Waals surface area (Å²) in [5.41, 5.74) is 2.68. The summed E-state index contributed by atoms with van der Waals surface area (Å²) in [6.07, 6.45) is 1.66.